The van der Waals surface area contributed by atoms with Crippen molar-refractivity contribution in [1.82, 2.24) is 15.6 Å². The molecule has 3 rings (SSSR count). The van der Waals surface area contributed by atoms with Gasteiger partial charge in [0.2, 0.25) is 0 Å². The number of rotatable bonds is 8. The average molecular weight is 389 g/mol. The van der Waals surface area contributed by atoms with Crippen LogP contribution in [0.2, 0.25) is 0 Å². The van der Waals surface area contributed by atoms with Crippen molar-refractivity contribution in [1.29, 1.82) is 0 Å². The Morgan fingerprint density at radius 3 is 2.28 bits per heavy atom. The molecule has 0 unspecified atom stereocenters. The number of aromatic nitrogens is 1. The molecule has 0 fully saturated rings. The molecule has 6 nitrogen and oxygen atoms in total. The maximum absolute atomic E-state index is 12.5. The first-order valence-electron chi connectivity index (χ1n) is 9.34. The van der Waals surface area contributed by atoms with Gasteiger partial charge >= 0.3 is 0 Å². The van der Waals surface area contributed by atoms with Crippen LogP contribution in [-0.4, -0.2) is 30.5 Å². The molecule has 0 bridgehead atoms. The number of para-hydroxylation sites is 1. The van der Waals surface area contributed by atoms with Gasteiger partial charge in [-0.1, -0.05) is 48.5 Å². The van der Waals surface area contributed by atoms with Crippen molar-refractivity contribution in [3.8, 4) is 5.75 Å². The average Bonchev–Trinajstić information content (AvgIpc) is 2.78. The molecular formula is C23H23N3O3. The summed E-state index contributed by atoms with van der Waals surface area (Å²) in [5.74, 6) is 0.146. The minimum atomic E-state index is -0.303. The Balaban J connectivity index is 1.56. The molecule has 29 heavy (non-hydrogen) atoms. The number of carbonyl (C=O) groups is 2. The van der Waals surface area contributed by atoms with Gasteiger partial charge < -0.3 is 15.4 Å². The molecule has 2 N–H and O–H groups in total. The van der Waals surface area contributed by atoms with E-state index in [9.17, 15) is 9.59 Å². The Morgan fingerprint density at radius 2 is 1.55 bits per heavy atom. The largest absolute Gasteiger partial charge is 0.496 e. The SMILES string of the molecule is COc1ccccc1CNC(=O)c1cncc(C(=O)NCCc2ccccc2)c1. The second kappa shape index (κ2) is 10.0. The molecule has 0 aliphatic rings. The number of hydrogen-bond donors (Lipinski definition) is 2. The van der Waals surface area contributed by atoms with E-state index < -0.39 is 0 Å². The summed E-state index contributed by atoms with van der Waals surface area (Å²) in [6.07, 6.45) is 3.63. The van der Waals surface area contributed by atoms with E-state index in [1.165, 1.54) is 12.4 Å². The molecule has 3 aromatic rings. The zero-order valence-corrected chi connectivity index (χ0v) is 16.2. The Kier molecular flexibility index (Phi) is 6.95. The van der Waals surface area contributed by atoms with E-state index in [2.05, 4.69) is 15.6 Å². The van der Waals surface area contributed by atoms with Gasteiger partial charge in [0, 0.05) is 31.0 Å². The molecule has 0 saturated heterocycles. The van der Waals surface area contributed by atoms with Crippen LogP contribution in [0.3, 0.4) is 0 Å². The minimum absolute atomic E-state index is 0.257. The lowest BCUT2D eigenvalue weighted by atomic mass is 10.1. The Morgan fingerprint density at radius 1 is 0.897 bits per heavy atom. The van der Waals surface area contributed by atoms with Crippen LogP contribution >= 0.6 is 0 Å². The minimum Gasteiger partial charge on any atom is -0.496 e. The number of methoxy groups -OCH3 is 1. The second-order valence-corrected chi connectivity index (χ2v) is 6.45. The van der Waals surface area contributed by atoms with E-state index in [1.54, 1.807) is 13.2 Å². The maximum Gasteiger partial charge on any atom is 0.253 e. The van der Waals surface area contributed by atoms with Crippen LogP contribution in [0.4, 0.5) is 0 Å². The van der Waals surface area contributed by atoms with Crippen molar-refractivity contribution in [2.75, 3.05) is 13.7 Å². The van der Waals surface area contributed by atoms with E-state index in [4.69, 9.17) is 4.74 Å². The summed E-state index contributed by atoms with van der Waals surface area (Å²) in [5.41, 5.74) is 2.69. The van der Waals surface area contributed by atoms with Gasteiger partial charge in [0.25, 0.3) is 11.8 Å². The fraction of sp³-hybridized carbons (Fsp3) is 0.174. The van der Waals surface area contributed by atoms with Crippen molar-refractivity contribution in [2.45, 2.75) is 13.0 Å². The van der Waals surface area contributed by atoms with Crippen molar-refractivity contribution in [2.24, 2.45) is 0 Å². The topological polar surface area (TPSA) is 80.3 Å². The molecular weight excluding hydrogens is 366 g/mol. The number of amides is 2. The monoisotopic (exact) mass is 389 g/mol. The summed E-state index contributed by atoms with van der Waals surface area (Å²) < 4.78 is 5.29. The zero-order valence-electron chi connectivity index (χ0n) is 16.2. The van der Waals surface area contributed by atoms with Gasteiger partial charge in [-0.2, -0.15) is 0 Å². The second-order valence-electron chi connectivity index (χ2n) is 6.45. The molecule has 0 radical (unpaired) electrons. The first-order valence-corrected chi connectivity index (χ1v) is 9.34. The van der Waals surface area contributed by atoms with Crippen LogP contribution < -0.4 is 15.4 Å². The van der Waals surface area contributed by atoms with Crippen LogP contribution in [0.15, 0.2) is 73.1 Å². The molecule has 0 aliphatic heterocycles. The Bertz CT molecular complexity index is 974. The molecule has 2 amide bonds. The predicted octanol–water partition coefficient (Wildman–Crippen LogP) is 2.99. The molecule has 6 heteroatoms. The van der Waals surface area contributed by atoms with Crippen LogP contribution in [0.5, 0.6) is 5.75 Å². The lowest BCUT2D eigenvalue weighted by molar-refractivity contribution is 0.0950. The highest BCUT2D eigenvalue weighted by molar-refractivity contribution is 5.99. The van der Waals surface area contributed by atoms with Crippen molar-refractivity contribution in [3.63, 3.8) is 0 Å². The fourth-order valence-corrected chi connectivity index (χ4v) is 2.88. The third-order valence-electron chi connectivity index (χ3n) is 4.44. The van der Waals surface area contributed by atoms with Gasteiger partial charge in [-0.3, -0.25) is 14.6 Å². The van der Waals surface area contributed by atoms with Crippen molar-refractivity contribution >= 4 is 11.8 Å². The summed E-state index contributed by atoms with van der Waals surface area (Å²) in [5, 5.41) is 5.69. The maximum atomic E-state index is 12.5. The van der Waals surface area contributed by atoms with Gasteiger partial charge in [0.1, 0.15) is 5.75 Å². The summed E-state index contributed by atoms with van der Waals surface area (Å²) in [4.78, 5) is 28.9. The molecule has 0 saturated carbocycles. The lowest BCUT2D eigenvalue weighted by Gasteiger charge is -2.10. The van der Waals surface area contributed by atoms with Crippen molar-refractivity contribution in [3.05, 3.63) is 95.3 Å². The molecule has 1 heterocycles. The number of carbonyl (C=O) groups excluding carboxylic acids is 2. The Labute approximate surface area is 169 Å². The predicted molar refractivity (Wildman–Crippen MR) is 111 cm³/mol. The first kappa shape index (κ1) is 20.1. The molecule has 0 atom stereocenters. The summed E-state index contributed by atoms with van der Waals surface area (Å²) in [7, 11) is 1.59. The highest BCUT2D eigenvalue weighted by Gasteiger charge is 2.12. The number of benzene rings is 2. The van der Waals surface area contributed by atoms with E-state index >= 15 is 0 Å². The van der Waals surface area contributed by atoms with Gasteiger partial charge in [-0.25, -0.2) is 0 Å². The smallest absolute Gasteiger partial charge is 0.253 e. The quantitative estimate of drug-likeness (QED) is 0.621. The molecule has 2 aromatic carbocycles. The number of hydrogen-bond acceptors (Lipinski definition) is 4. The summed E-state index contributed by atoms with van der Waals surface area (Å²) in [6.45, 7) is 0.823. The van der Waals surface area contributed by atoms with Crippen molar-refractivity contribution < 1.29 is 14.3 Å². The number of nitrogens with one attached hydrogen (secondary N) is 2. The third kappa shape index (κ3) is 5.65. The lowest BCUT2D eigenvalue weighted by Crippen LogP contribution is -2.27. The van der Waals surface area contributed by atoms with E-state index in [0.717, 1.165) is 17.5 Å². The molecule has 0 aliphatic carbocycles. The highest BCUT2D eigenvalue weighted by atomic mass is 16.5. The standard InChI is InChI=1S/C23H23N3O3/c1-29-21-10-6-5-9-18(21)16-26-23(28)20-13-19(14-24-15-20)22(27)25-12-11-17-7-3-2-4-8-17/h2-10,13-15H,11-12,16H2,1H3,(H,25,27)(H,26,28). The summed E-state index contributed by atoms with van der Waals surface area (Å²) in [6, 6.07) is 18.9. The molecule has 1 aromatic heterocycles. The number of nitrogens with zero attached hydrogens (tertiary/aromatic N) is 1. The highest BCUT2D eigenvalue weighted by Crippen LogP contribution is 2.17. The van der Waals surface area contributed by atoms with Crippen LogP contribution in [0.1, 0.15) is 31.8 Å². The van der Waals surface area contributed by atoms with Gasteiger partial charge in [0.15, 0.2) is 0 Å². The molecule has 0 spiro atoms. The van der Waals surface area contributed by atoms with Crippen LogP contribution in [-0.2, 0) is 13.0 Å². The normalized spacial score (nSPS) is 10.2. The van der Waals surface area contributed by atoms with E-state index in [1.807, 2.05) is 54.6 Å². The first-order chi connectivity index (χ1) is 14.2. The van der Waals surface area contributed by atoms with E-state index in [-0.39, 0.29) is 11.8 Å². The van der Waals surface area contributed by atoms with Gasteiger partial charge in [0.05, 0.1) is 18.2 Å². The summed E-state index contributed by atoms with van der Waals surface area (Å²) >= 11 is 0. The Hall–Kier alpha value is -3.67. The molecule has 148 valence electrons. The fourth-order valence-electron chi connectivity index (χ4n) is 2.88. The number of ether oxygens (including phenoxy) is 1. The zero-order chi connectivity index (χ0) is 20.5. The van der Waals surface area contributed by atoms with Gasteiger partial charge in [-0.05, 0) is 24.1 Å². The van der Waals surface area contributed by atoms with Crippen LogP contribution in [0.25, 0.3) is 0 Å². The van der Waals surface area contributed by atoms with Gasteiger partial charge in [-0.15, -0.1) is 0 Å². The van der Waals surface area contributed by atoms with Crippen LogP contribution in [0, 0.1) is 0 Å². The number of pyridine rings is 1. The van der Waals surface area contributed by atoms with E-state index in [0.29, 0.717) is 30.0 Å². The third-order valence-corrected chi connectivity index (χ3v) is 4.44.